The molecular weight excluding hydrogens is 330 g/mol. The second-order valence-electron chi connectivity index (χ2n) is 5.48. The van der Waals surface area contributed by atoms with Gasteiger partial charge in [-0.1, -0.05) is 23.7 Å². The molecule has 0 aromatic heterocycles. The van der Waals surface area contributed by atoms with Gasteiger partial charge in [0, 0.05) is 18.6 Å². The number of fused-ring (bicyclic) bond motifs is 1. The van der Waals surface area contributed by atoms with Crippen LogP contribution in [-0.4, -0.2) is 25.7 Å². The molecule has 2 aromatic carbocycles. The summed E-state index contributed by atoms with van der Waals surface area (Å²) in [5, 5.41) is 3.13. The number of benzene rings is 2. The maximum absolute atomic E-state index is 12.1. The molecular formula is C18H18ClNO4. The zero-order valence-corrected chi connectivity index (χ0v) is 14.1. The third kappa shape index (κ3) is 4.11. The molecule has 0 saturated carbocycles. The second-order valence-corrected chi connectivity index (χ2v) is 5.89. The highest BCUT2D eigenvalue weighted by Crippen LogP contribution is 2.37. The first-order valence-electron chi connectivity index (χ1n) is 7.70. The average molecular weight is 348 g/mol. The number of amides is 1. The molecule has 0 saturated heterocycles. The lowest BCUT2D eigenvalue weighted by Crippen LogP contribution is -2.20. The first-order chi connectivity index (χ1) is 11.6. The molecule has 0 fully saturated rings. The lowest BCUT2D eigenvalue weighted by molar-refractivity contribution is -0.118. The summed E-state index contributed by atoms with van der Waals surface area (Å²) in [5.74, 6) is 1.51. The Morgan fingerprint density at radius 3 is 2.71 bits per heavy atom. The number of rotatable bonds is 4. The van der Waals surface area contributed by atoms with Gasteiger partial charge in [0.1, 0.15) is 5.75 Å². The van der Waals surface area contributed by atoms with E-state index in [0.717, 1.165) is 12.0 Å². The summed E-state index contributed by atoms with van der Waals surface area (Å²) in [4.78, 5) is 12.1. The Balaban J connectivity index is 1.64. The zero-order valence-electron chi connectivity index (χ0n) is 13.3. The van der Waals surface area contributed by atoms with Crippen molar-refractivity contribution in [3.8, 4) is 17.2 Å². The minimum Gasteiger partial charge on any atom is -0.490 e. The van der Waals surface area contributed by atoms with Crippen LogP contribution in [0.1, 0.15) is 12.0 Å². The topological polar surface area (TPSA) is 56.8 Å². The Hall–Kier alpha value is -2.40. The van der Waals surface area contributed by atoms with Gasteiger partial charge in [-0.2, -0.15) is 0 Å². The van der Waals surface area contributed by atoms with E-state index in [-0.39, 0.29) is 12.5 Å². The van der Waals surface area contributed by atoms with Gasteiger partial charge < -0.3 is 19.5 Å². The number of hydrogen-bond acceptors (Lipinski definition) is 4. The smallest absolute Gasteiger partial charge is 0.262 e. The van der Waals surface area contributed by atoms with E-state index in [4.69, 9.17) is 25.8 Å². The summed E-state index contributed by atoms with van der Waals surface area (Å²) in [6, 6.07) is 10.8. The fraction of sp³-hybridized carbons (Fsp3) is 0.278. The molecule has 0 unspecified atom stereocenters. The SMILES string of the molecule is Cc1cccc(OCC(=O)Nc2cc3c(cc2Cl)OCCCO3)c1. The van der Waals surface area contributed by atoms with Crippen LogP contribution in [0.15, 0.2) is 36.4 Å². The van der Waals surface area contributed by atoms with Gasteiger partial charge in [-0.3, -0.25) is 4.79 Å². The van der Waals surface area contributed by atoms with Crippen LogP contribution in [0.25, 0.3) is 0 Å². The third-order valence-corrected chi connectivity index (χ3v) is 3.78. The van der Waals surface area contributed by atoms with Crippen LogP contribution in [0.2, 0.25) is 5.02 Å². The highest BCUT2D eigenvalue weighted by molar-refractivity contribution is 6.34. The van der Waals surface area contributed by atoms with Crippen LogP contribution >= 0.6 is 11.6 Å². The standard InChI is InChI=1S/C18H18ClNO4/c1-12-4-2-5-13(8-12)24-11-18(21)20-15-10-17-16(9-14(15)19)22-6-3-7-23-17/h2,4-5,8-10H,3,6-7,11H2,1H3,(H,20,21). The van der Waals surface area contributed by atoms with Gasteiger partial charge >= 0.3 is 0 Å². The fourth-order valence-corrected chi connectivity index (χ4v) is 2.52. The summed E-state index contributed by atoms with van der Waals surface area (Å²) in [5.41, 5.74) is 1.54. The number of nitrogens with one attached hydrogen (secondary N) is 1. The van der Waals surface area contributed by atoms with Crippen LogP contribution < -0.4 is 19.5 Å². The summed E-state index contributed by atoms with van der Waals surface area (Å²) < 4.78 is 16.6. The van der Waals surface area contributed by atoms with E-state index in [1.165, 1.54) is 0 Å². The van der Waals surface area contributed by atoms with Gasteiger partial charge in [0.15, 0.2) is 18.1 Å². The molecule has 3 rings (SSSR count). The maximum Gasteiger partial charge on any atom is 0.262 e. The average Bonchev–Trinajstić information content (AvgIpc) is 2.78. The Kier molecular flexibility index (Phi) is 5.11. The van der Waals surface area contributed by atoms with Crippen LogP contribution in [0.3, 0.4) is 0 Å². The van der Waals surface area contributed by atoms with Crippen molar-refractivity contribution in [1.29, 1.82) is 0 Å². The molecule has 0 spiro atoms. The Morgan fingerprint density at radius 1 is 1.21 bits per heavy atom. The molecule has 1 N–H and O–H groups in total. The van der Waals surface area contributed by atoms with Gasteiger partial charge in [0.05, 0.1) is 23.9 Å². The quantitative estimate of drug-likeness (QED) is 0.913. The number of anilines is 1. The van der Waals surface area contributed by atoms with Crippen LogP contribution in [-0.2, 0) is 4.79 Å². The van der Waals surface area contributed by atoms with Gasteiger partial charge in [0.2, 0.25) is 0 Å². The van der Waals surface area contributed by atoms with Crippen molar-refractivity contribution in [3.63, 3.8) is 0 Å². The van der Waals surface area contributed by atoms with Crippen molar-refractivity contribution in [2.45, 2.75) is 13.3 Å². The van der Waals surface area contributed by atoms with E-state index >= 15 is 0 Å². The minimum absolute atomic E-state index is 0.103. The number of carbonyl (C=O) groups is 1. The van der Waals surface area contributed by atoms with E-state index in [1.807, 2.05) is 25.1 Å². The summed E-state index contributed by atoms with van der Waals surface area (Å²) in [6.45, 7) is 3.01. The largest absolute Gasteiger partial charge is 0.490 e. The van der Waals surface area contributed by atoms with E-state index < -0.39 is 0 Å². The summed E-state index contributed by atoms with van der Waals surface area (Å²) in [7, 11) is 0. The molecule has 6 heteroatoms. The Labute approximate surface area is 145 Å². The highest BCUT2D eigenvalue weighted by Gasteiger charge is 2.15. The Bertz CT molecular complexity index is 748. The van der Waals surface area contributed by atoms with E-state index in [9.17, 15) is 4.79 Å². The zero-order chi connectivity index (χ0) is 16.9. The molecule has 1 aliphatic heterocycles. The number of carbonyl (C=O) groups excluding carboxylic acids is 1. The van der Waals surface area contributed by atoms with Crippen molar-refractivity contribution in [3.05, 3.63) is 47.0 Å². The molecule has 24 heavy (non-hydrogen) atoms. The van der Waals surface area contributed by atoms with E-state index in [1.54, 1.807) is 18.2 Å². The number of ether oxygens (including phenoxy) is 3. The van der Waals surface area contributed by atoms with E-state index in [2.05, 4.69) is 5.32 Å². The van der Waals surface area contributed by atoms with Crippen LogP contribution in [0.4, 0.5) is 5.69 Å². The normalized spacial score (nSPS) is 13.1. The van der Waals surface area contributed by atoms with Gasteiger partial charge in [0.25, 0.3) is 5.91 Å². The molecule has 1 amide bonds. The van der Waals surface area contributed by atoms with Crippen molar-refractivity contribution >= 4 is 23.2 Å². The predicted octanol–water partition coefficient (Wildman–Crippen LogP) is 3.83. The fourth-order valence-electron chi connectivity index (χ4n) is 2.32. The number of aryl methyl sites for hydroxylation is 1. The monoisotopic (exact) mass is 347 g/mol. The van der Waals surface area contributed by atoms with Crippen LogP contribution in [0.5, 0.6) is 17.2 Å². The molecule has 0 bridgehead atoms. The molecule has 0 aliphatic carbocycles. The molecule has 126 valence electrons. The number of halogens is 1. The lowest BCUT2D eigenvalue weighted by Gasteiger charge is -2.13. The Morgan fingerprint density at radius 2 is 1.96 bits per heavy atom. The summed E-state index contributed by atoms with van der Waals surface area (Å²) in [6.07, 6.45) is 0.804. The van der Waals surface area contributed by atoms with Crippen molar-refractivity contribution < 1.29 is 19.0 Å². The van der Waals surface area contributed by atoms with Gasteiger partial charge in [-0.15, -0.1) is 0 Å². The third-order valence-electron chi connectivity index (χ3n) is 3.47. The van der Waals surface area contributed by atoms with Crippen molar-refractivity contribution in [2.75, 3.05) is 25.1 Å². The van der Waals surface area contributed by atoms with Gasteiger partial charge in [-0.25, -0.2) is 0 Å². The molecule has 1 aliphatic rings. The highest BCUT2D eigenvalue weighted by atomic mass is 35.5. The summed E-state index contributed by atoms with van der Waals surface area (Å²) >= 11 is 6.21. The lowest BCUT2D eigenvalue weighted by atomic mass is 10.2. The van der Waals surface area contributed by atoms with Crippen LogP contribution in [0, 0.1) is 6.92 Å². The predicted molar refractivity (Wildman–Crippen MR) is 92.4 cm³/mol. The van der Waals surface area contributed by atoms with Gasteiger partial charge in [-0.05, 0) is 24.6 Å². The maximum atomic E-state index is 12.1. The van der Waals surface area contributed by atoms with E-state index in [0.29, 0.717) is 41.2 Å². The molecule has 5 nitrogen and oxygen atoms in total. The second kappa shape index (κ2) is 7.45. The van der Waals surface area contributed by atoms with Crippen molar-refractivity contribution in [1.82, 2.24) is 0 Å². The van der Waals surface area contributed by atoms with Crippen molar-refractivity contribution in [2.24, 2.45) is 0 Å². The molecule has 1 heterocycles. The number of hydrogen-bond donors (Lipinski definition) is 1. The molecule has 2 aromatic rings. The first-order valence-corrected chi connectivity index (χ1v) is 8.08. The first kappa shape index (κ1) is 16.5. The minimum atomic E-state index is -0.298. The molecule has 0 radical (unpaired) electrons. The molecule has 0 atom stereocenters.